The van der Waals surface area contributed by atoms with Crippen LogP contribution in [-0.2, 0) is 0 Å². The first kappa shape index (κ1) is 13.0. The van der Waals surface area contributed by atoms with Gasteiger partial charge in [0.15, 0.2) is 0 Å². The van der Waals surface area contributed by atoms with Gasteiger partial charge in [0.25, 0.3) is 0 Å². The van der Waals surface area contributed by atoms with Crippen LogP contribution in [0, 0.1) is 0 Å². The SMILES string of the molecule is CCCCCN1c2ccccc2C=Cc2ccccc21. The first-order valence-corrected chi connectivity index (χ1v) is 7.54. The topological polar surface area (TPSA) is 3.24 Å². The van der Waals surface area contributed by atoms with Gasteiger partial charge in [-0.25, -0.2) is 0 Å². The Morgan fingerprint density at radius 1 is 0.750 bits per heavy atom. The van der Waals surface area contributed by atoms with Gasteiger partial charge in [0.1, 0.15) is 0 Å². The molecule has 0 bridgehead atoms. The summed E-state index contributed by atoms with van der Waals surface area (Å²) >= 11 is 0. The van der Waals surface area contributed by atoms with Crippen molar-refractivity contribution < 1.29 is 0 Å². The van der Waals surface area contributed by atoms with Crippen molar-refractivity contribution in [3.63, 3.8) is 0 Å². The van der Waals surface area contributed by atoms with E-state index in [4.69, 9.17) is 0 Å². The van der Waals surface area contributed by atoms with Gasteiger partial charge in [0.05, 0.1) is 0 Å². The Morgan fingerprint density at radius 3 is 1.85 bits per heavy atom. The molecule has 3 rings (SSSR count). The zero-order valence-corrected chi connectivity index (χ0v) is 12.0. The molecule has 0 saturated heterocycles. The molecule has 0 atom stereocenters. The van der Waals surface area contributed by atoms with E-state index in [2.05, 4.69) is 72.5 Å². The van der Waals surface area contributed by atoms with E-state index < -0.39 is 0 Å². The van der Waals surface area contributed by atoms with Crippen molar-refractivity contribution in [2.45, 2.75) is 26.2 Å². The van der Waals surface area contributed by atoms with Gasteiger partial charge in [-0.3, -0.25) is 0 Å². The zero-order valence-electron chi connectivity index (χ0n) is 12.0. The molecular formula is C19H21N. The van der Waals surface area contributed by atoms with Crippen LogP contribution in [0.1, 0.15) is 37.3 Å². The van der Waals surface area contributed by atoms with E-state index in [0.29, 0.717) is 0 Å². The molecule has 102 valence electrons. The Labute approximate surface area is 121 Å². The zero-order chi connectivity index (χ0) is 13.8. The maximum Gasteiger partial charge on any atom is 0.0484 e. The van der Waals surface area contributed by atoms with Gasteiger partial charge in [0, 0.05) is 17.9 Å². The highest BCUT2D eigenvalue weighted by Gasteiger charge is 2.16. The molecule has 0 spiro atoms. The second-order valence-electron chi connectivity index (χ2n) is 5.31. The van der Waals surface area contributed by atoms with Crippen LogP contribution in [0.4, 0.5) is 11.4 Å². The van der Waals surface area contributed by atoms with Crippen molar-refractivity contribution in [2.24, 2.45) is 0 Å². The third kappa shape index (κ3) is 2.49. The monoisotopic (exact) mass is 263 g/mol. The maximum atomic E-state index is 2.47. The summed E-state index contributed by atoms with van der Waals surface area (Å²) in [5.41, 5.74) is 5.26. The molecule has 2 aromatic rings. The predicted molar refractivity (Wildman–Crippen MR) is 88.3 cm³/mol. The molecule has 0 N–H and O–H groups in total. The lowest BCUT2D eigenvalue weighted by molar-refractivity contribution is 0.716. The lowest BCUT2D eigenvalue weighted by Crippen LogP contribution is -2.19. The van der Waals surface area contributed by atoms with Gasteiger partial charge in [-0.1, -0.05) is 68.3 Å². The predicted octanol–water partition coefficient (Wildman–Crippen LogP) is 5.50. The summed E-state index contributed by atoms with van der Waals surface area (Å²) in [5.74, 6) is 0. The van der Waals surface area contributed by atoms with Gasteiger partial charge in [-0.15, -0.1) is 0 Å². The second-order valence-corrected chi connectivity index (χ2v) is 5.31. The molecule has 0 aromatic heterocycles. The van der Waals surface area contributed by atoms with Crippen molar-refractivity contribution in [2.75, 3.05) is 11.4 Å². The molecule has 0 aliphatic carbocycles. The molecule has 0 saturated carbocycles. The minimum absolute atomic E-state index is 1.09. The summed E-state index contributed by atoms with van der Waals surface area (Å²) in [6, 6.07) is 17.4. The smallest absolute Gasteiger partial charge is 0.0484 e. The van der Waals surface area contributed by atoms with Crippen LogP contribution >= 0.6 is 0 Å². The molecule has 0 fully saturated rings. The minimum atomic E-state index is 1.09. The molecular weight excluding hydrogens is 242 g/mol. The molecule has 2 aromatic carbocycles. The standard InChI is InChI=1S/C19H21N/c1-2-3-8-15-20-18-11-6-4-9-16(18)13-14-17-10-5-7-12-19(17)20/h4-7,9-14H,2-3,8,15H2,1H3. The molecule has 1 heterocycles. The van der Waals surface area contributed by atoms with Crippen LogP contribution in [0.3, 0.4) is 0 Å². The number of hydrogen-bond donors (Lipinski definition) is 0. The van der Waals surface area contributed by atoms with Crippen LogP contribution in [0.5, 0.6) is 0 Å². The normalized spacial score (nSPS) is 12.8. The second kappa shape index (κ2) is 5.96. The minimum Gasteiger partial charge on any atom is -0.341 e. The molecule has 1 aliphatic heterocycles. The lowest BCUT2D eigenvalue weighted by atomic mass is 10.1. The van der Waals surface area contributed by atoms with E-state index in [0.717, 1.165) is 6.54 Å². The van der Waals surface area contributed by atoms with Crippen molar-refractivity contribution in [1.82, 2.24) is 0 Å². The van der Waals surface area contributed by atoms with E-state index in [9.17, 15) is 0 Å². The summed E-state index contributed by atoms with van der Waals surface area (Å²) in [6.07, 6.45) is 8.24. The van der Waals surface area contributed by atoms with Gasteiger partial charge < -0.3 is 4.90 Å². The molecule has 0 unspecified atom stereocenters. The molecule has 0 radical (unpaired) electrons. The fourth-order valence-electron chi connectivity index (χ4n) is 2.82. The maximum absolute atomic E-state index is 2.47. The number of anilines is 2. The van der Waals surface area contributed by atoms with E-state index in [1.807, 2.05) is 0 Å². The van der Waals surface area contributed by atoms with Crippen molar-refractivity contribution >= 4 is 23.5 Å². The Hall–Kier alpha value is -2.02. The van der Waals surface area contributed by atoms with Crippen molar-refractivity contribution in [3.8, 4) is 0 Å². The lowest BCUT2D eigenvalue weighted by Gasteiger charge is -2.27. The fraction of sp³-hybridized carbons (Fsp3) is 0.263. The van der Waals surface area contributed by atoms with Gasteiger partial charge >= 0.3 is 0 Å². The average Bonchev–Trinajstić information content (AvgIpc) is 2.66. The molecule has 0 amide bonds. The molecule has 1 nitrogen and oxygen atoms in total. The fourth-order valence-corrected chi connectivity index (χ4v) is 2.82. The van der Waals surface area contributed by atoms with Crippen molar-refractivity contribution in [3.05, 3.63) is 59.7 Å². The first-order valence-electron chi connectivity index (χ1n) is 7.54. The number of rotatable bonds is 4. The first-order chi connectivity index (χ1) is 9.90. The number of hydrogen-bond acceptors (Lipinski definition) is 1. The average molecular weight is 263 g/mol. The number of unbranched alkanes of at least 4 members (excludes halogenated alkanes) is 2. The van der Waals surface area contributed by atoms with Crippen LogP contribution in [0.2, 0.25) is 0 Å². The van der Waals surface area contributed by atoms with Gasteiger partial charge in [-0.05, 0) is 29.7 Å². The van der Waals surface area contributed by atoms with Gasteiger partial charge in [0.2, 0.25) is 0 Å². The van der Waals surface area contributed by atoms with Gasteiger partial charge in [-0.2, -0.15) is 0 Å². The summed E-state index contributed by atoms with van der Waals surface area (Å²) in [5, 5.41) is 0. The number of benzene rings is 2. The summed E-state index contributed by atoms with van der Waals surface area (Å²) in [6.45, 7) is 3.34. The highest BCUT2D eigenvalue weighted by atomic mass is 15.1. The number of para-hydroxylation sites is 2. The summed E-state index contributed by atoms with van der Waals surface area (Å²) < 4.78 is 0. The van der Waals surface area contributed by atoms with Crippen LogP contribution in [0.15, 0.2) is 48.5 Å². The number of fused-ring (bicyclic) bond motifs is 2. The molecule has 1 aliphatic rings. The highest BCUT2D eigenvalue weighted by Crippen LogP contribution is 2.36. The molecule has 20 heavy (non-hydrogen) atoms. The quantitative estimate of drug-likeness (QED) is 0.658. The van der Waals surface area contributed by atoms with Crippen LogP contribution in [0.25, 0.3) is 12.2 Å². The third-order valence-corrected chi connectivity index (χ3v) is 3.88. The Morgan fingerprint density at radius 2 is 1.30 bits per heavy atom. The molecule has 1 heteroatoms. The van der Waals surface area contributed by atoms with E-state index >= 15 is 0 Å². The number of nitrogens with zero attached hydrogens (tertiary/aromatic N) is 1. The van der Waals surface area contributed by atoms with E-state index in [-0.39, 0.29) is 0 Å². The van der Waals surface area contributed by atoms with Crippen molar-refractivity contribution in [1.29, 1.82) is 0 Å². The third-order valence-electron chi connectivity index (χ3n) is 3.88. The Balaban J connectivity index is 2.03. The van der Waals surface area contributed by atoms with E-state index in [1.54, 1.807) is 0 Å². The van der Waals surface area contributed by atoms with Crippen LogP contribution in [-0.4, -0.2) is 6.54 Å². The summed E-state index contributed by atoms with van der Waals surface area (Å²) in [7, 11) is 0. The highest BCUT2D eigenvalue weighted by molar-refractivity contribution is 5.88. The Bertz CT molecular complexity index is 563. The van der Waals surface area contributed by atoms with E-state index in [1.165, 1.54) is 41.8 Å². The Kier molecular flexibility index (Phi) is 3.87. The largest absolute Gasteiger partial charge is 0.341 e. The summed E-state index contributed by atoms with van der Waals surface area (Å²) in [4.78, 5) is 2.47. The van der Waals surface area contributed by atoms with Crippen LogP contribution < -0.4 is 4.90 Å².